The van der Waals surface area contributed by atoms with Gasteiger partial charge >= 0.3 is 0 Å². The van der Waals surface area contributed by atoms with Crippen molar-refractivity contribution in [3.63, 3.8) is 0 Å². The van der Waals surface area contributed by atoms with Crippen LogP contribution in [-0.4, -0.2) is 41.0 Å². The minimum atomic E-state index is 0.645. The van der Waals surface area contributed by atoms with E-state index in [2.05, 4.69) is 40.7 Å². The second-order valence-electron chi connectivity index (χ2n) is 6.26. The van der Waals surface area contributed by atoms with Crippen LogP contribution in [0.3, 0.4) is 0 Å². The Hall–Kier alpha value is -1.16. The van der Waals surface area contributed by atoms with Crippen molar-refractivity contribution in [2.45, 2.75) is 45.7 Å². The molecule has 0 saturated carbocycles. The number of fused-ring (bicyclic) bond motifs is 1. The van der Waals surface area contributed by atoms with Crippen molar-refractivity contribution in [3.8, 4) is 0 Å². The van der Waals surface area contributed by atoms with E-state index in [1.165, 1.54) is 29.9 Å². The maximum absolute atomic E-state index is 4.63. The molecule has 1 atom stereocenters. The third-order valence-electron chi connectivity index (χ3n) is 4.51. The van der Waals surface area contributed by atoms with Crippen molar-refractivity contribution in [3.05, 3.63) is 17.6 Å². The lowest BCUT2D eigenvalue weighted by Gasteiger charge is -2.33. The summed E-state index contributed by atoms with van der Waals surface area (Å²) in [5.41, 5.74) is 2.63. The van der Waals surface area contributed by atoms with Gasteiger partial charge in [-0.25, -0.2) is 9.97 Å². The molecule has 1 aromatic rings. The van der Waals surface area contributed by atoms with E-state index in [0.717, 1.165) is 26.1 Å². The highest BCUT2D eigenvalue weighted by Gasteiger charge is 2.31. The largest absolute Gasteiger partial charge is 0.353 e. The van der Waals surface area contributed by atoms with Gasteiger partial charge in [-0.1, -0.05) is 13.8 Å². The fourth-order valence-electron chi connectivity index (χ4n) is 3.46. The second-order valence-corrected chi connectivity index (χ2v) is 6.26. The first kappa shape index (κ1) is 12.9. The zero-order valence-electron chi connectivity index (χ0n) is 12.3. The SMILES string of the molecule is CC(C)C1CCCN1c1ncnc2c1CN(C)CC2. The summed E-state index contributed by atoms with van der Waals surface area (Å²) >= 11 is 0. The molecule has 1 unspecified atom stereocenters. The smallest absolute Gasteiger partial charge is 0.137 e. The molecule has 1 saturated heterocycles. The monoisotopic (exact) mass is 260 g/mol. The van der Waals surface area contributed by atoms with Gasteiger partial charge < -0.3 is 9.80 Å². The lowest BCUT2D eigenvalue weighted by Crippen LogP contribution is -2.37. The maximum Gasteiger partial charge on any atom is 0.137 e. The van der Waals surface area contributed by atoms with Gasteiger partial charge in [0, 0.05) is 37.7 Å². The molecule has 19 heavy (non-hydrogen) atoms. The summed E-state index contributed by atoms with van der Waals surface area (Å²) in [7, 11) is 2.18. The predicted octanol–water partition coefficient (Wildman–Crippen LogP) is 2.09. The standard InChI is InChI=1S/C15H24N4/c1-11(2)14-5-4-7-19(14)15-12-9-18(3)8-6-13(12)16-10-17-15/h10-11,14H,4-9H2,1-3H3. The summed E-state index contributed by atoms with van der Waals surface area (Å²) in [6.45, 7) is 7.89. The number of anilines is 1. The van der Waals surface area contributed by atoms with Crippen molar-refractivity contribution >= 4 is 5.82 Å². The molecular formula is C15H24N4. The number of likely N-dealkylation sites (N-methyl/N-ethyl adjacent to an activating group) is 1. The lowest BCUT2D eigenvalue weighted by molar-refractivity contribution is 0.308. The first-order valence-corrected chi connectivity index (χ1v) is 7.44. The molecule has 0 aromatic carbocycles. The predicted molar refractivity (Wildman–Crippen MR) is 77.3 cm³/mol. The van der Waals surface area contributed by atoms with Gasteiger partial charge in [-0.05, 0) is 25.8 Å². The van der Waals surface area contributed by atoms with Crippen LogP contribution in [0.1, 0.15) is 37.9 Å². The van der Waals surface area contributed by atoms with Crippen LogP contribution >= 0.6 is 0 Å². The lowest BCUT2D eigenvalue weighted by atomic mass is 10.0. The number of rotatable bonds is 2. The maximum atomic E-state index is 4.63. The van der Waals surface area contributed by atoms with Crippen LogP contribution in [0.2, 0.25) is 0 Å². The topological polar surface area (TPSA) is 32.3 Å². The Balaban J connectivity index is 1.96. The Bertz CT molecular complexity index is 457. The van der Waals surface area contributed by atoms with Crippen LogP contribution in [0.4, 0.5) is 5.82 Å². The molecule has 0 spiro atoms. The van der Waals surface area contributed by atoms with E-state index in [4.69, 9.17) is 0 Å². The highest BCUT2D eigenvalue weighted by atomic mass is 15.2. The summed E-state index contributed by atoms with van der Waals surface area (Å²) in [6, 6.07) is 0.645. The molecule has 1 aromatic heterocycles. The van der Waals surface area contributed by atoms with Crippen LogP contribution in [0.25, 0.3) is 0 Å². The van der Waals surface area contributed by atoms with Gasteiger partial charge in [0.2, 0.25) is 0 Å². The Morgan fingerprint density at radius 1 is 1.26 bits per heavy atom. The zero-order valence-corrected chi connectivity index (χ0v) is 12.3. The summed E-state index contributed by atoms with van der Waals surface area (Å²) in [4.78, 5) is 14.0. The summed E-state index contributed by atoms with van der Waals surface area (Å²) in [6.07, 6.45) is 5.40. The van der Waals surface area contributed by atoms with Gasteiger partial charge in [0.1, 0.15) is 12.1 Å². The highest BCUT2D eigenvalue weighted by Crippen LogP contribution is 2.33. The quantitative estimate of drug-likeness (QED) is 0.815. The van der Waals surface area contributed by atoms with E-state index in [1.807, 2.05) is 0 Å². The number of hydrogen-bond donors (Lipinski definition) is 0. The van der Waals surface area contributed by atoms with E-state index in [1.54, 1.807) is 6.33 Å². The molecule has 1 fully saturated rings. The molecule has 3 heterocycles. The van der Waals surface area contributed by atoms with E-state index in [0.29, 0.717) is 12.0 Å². The average Bonchev–Trinajstić information content (AvgIpc) is 2.87. The van der Waals surface area contributed by atoms with Gasteiger partial charge in [-0.15, -0.1) is 0 Å². The second kappa shape index (κ2) is 5.08. The van der Waals surface area contributed by atoms with E-state index in [9.17, 15) is 0 Å². The first-order chi connectivity index (χ1) is 9.16. The number of hydrogen-bond acceptors (Lipinski definition) is 4. The molecule has 0 N–H and O–H groups in total. The molecule has 0 amide bonds. The highest BCUT2D eigenvalue weighted by molar-refractivity contribution is 5.51. The zero-order chi connectivity index (χ0) is 13.4. The van der Waals surface area contributed by atoms with Crippen LogP contribution in [0.15, 0.2) is 6.33 Å². The third kappa shape index (κ3) is 2.34. The molecule has 0 aliphatic carbocycles. The molecule has 3 rings (SSSR count). The number of aromatic nitrogens is 2. The molecule has 0 radical (unpaired) electrons. The van der Waals surface area contributed by atoms with Gasteiger partial charge in [-0.3, -0.25) is 0 Å². The third-order valence-corrected chi connectivity index (χ3v) is 4.51. The average molecular weight is 260 g/mol. The van der Waals surface area contributed by atoms with Crippen LogP contribution < -0.4 is 4.90 Å². The first-order valence-electron chi connectivity index (χ1n) is 7.44. The van der Waals surface area contributed by atoms with Crippen LogP contribution in [0.5, 0.6) is 0 Å². The van der Waals surface area contributed by atoms with E-state index in [-0.39, 0.29) is 0 Å². The molecular weight excluding hydrogens is 236 g/mol. The molecule has 104 valence electrons. The molecule has 4 heteroatoms. The van der Waals surface area contributed by atoms with Gasteiger partial charge in [0.25, 0.3) is 0 Å². The Labute approximate surface area is 115 Å². The van der Waals surface area contributed by atoms with Crippen molar-refractivity contribution in [2.75, 3.05) is 25.0 Å². The van der Waals surface area contributed by atoms with Crippen molar-refractivity contribution < 1.29 is 0 Å². The van der Waals surface area contributed by atoms with Gasteiger partial charge in [-0.2, -0.15) is 0 Å². The van der Waals surface area contributed by atoms with Gasteiger partial charge in [0.15, 0.2) is 0 Å². The molecule has 0 bridgehead atoms. The van der Waals surface area contributed by atoms with Crippen molar-refractivity contribution in [2.24, 2.45) is 5.92 Å². The molecule has 4 nitrogen and oxygen atoms in total. The minimum absolute atomic E-state index is 0.645. The fraction of sp³-hybridized carbons (Fsp3) is 0.733. The Morgan fingerprint density at radius 2 is 2.11 bits per heavy atom. The summed E-state index contributed by atoms with van der Waals surface area (Å²) in [5, 5.41) is 0. The molecule has 2 aliphatic heterocycles. The minimum Gasteiger partial charge on any atom is -0.353 e. The molecule has 2 aliphatic rings. The summed E-state index contributed by atoms with van der Waals surface area (Å²) in [5.74, 6) is 1.89. The van der Waals surface area contributed by atoms with Gasteiger partial charge in [0.05, 0.1) is 5.69 Å². The number of nitrogens with zero attached hydrogens (tertiary/aromatic N) is 4. The van der Waals surface area contributed by atoms with Crippen LogP contribution in [0, 0.1) is 5.92 Å². The Morgan fingerprint density at radius 3 is 2.89 bits per heavy atom. The normalized spacial score (nSPS) is 24.0. The van der Waals surface area contributed by atoms with Crippen molar-refractivity contribution in [1.82, 2.24) is 14.9 Å². The van der Waals surface area contributed by atoms with E-state index >= 15 is 0 Å². The fourth-order valence-corrected chi connectivity index (χ4v) is 3.46. The van der Waals surface area contributed by atoms with Crippen molar-refractivity contribution in [1.29, 1.82) is 0 Å². The summed E-state index contributed by atoms with van der Waals surface area (Å²) < 4.78 is 0. The Kier molecular flexibility index (Phi) is 3.44. The van der Waals surface area contributed by atoms with Crippen LogP contribution in [-0.2, 0) is 13.0 Å². The van der Waals surface area contributed by atoms with E-state index < -0.39 is 0 Å².